The Bertz CT molecular complexity index is 887. The summed E-state index contributed by atoms with van der Waals surface area (Å²) in [6.45, 7) is 0.371. The topological polar surface area (TPSA) is 97.3 Å². The summed E-state index contributed by atoms with van der Waals surface area (Å²) >= 11 is 0. The highest BCUT2D eigenvalue weighted by molar-refractivity contribution is 5.83. The lowest BCUT2D eigenvalue weighted by Gasteiger charge is -2.07. The molecule has 2 aromatic carbocycles. The van der Waals surface area contributed by atoms with Crippen LogP contribution in [0.4, 0.5) is 5.69 Å². The van der Waals surface area contributed by atoms with Crippen molar-refractivity contribution < 1.29 is 14.5 Å². The van der Waals surface area contributed by atoms with Crippen LogP contribution in [0.1, 0.15) is 5.56 Å². The number of aromatic nitrogens is 1. The van der Waals surface area contributed by atoms with E-state index in [0.29, 0.717) is 18.7 Å². The highest BCUT2D eigenvalue weighted by atomic mass is 16.6. The molecule has 0 saturated carbocycles. The Kier molecular flexibility index (Phi) is 4.94. The number of nitro groups is 1. The minimum absolute atomic E-state index is 0.0180. The summed E-state index contributed by atoms with van der Waals surface area (Å²) in [6.07, 6.45) is 2.66. The Hall–Kier alpha value is -3.35. The number of aromatic amines is 1. The van der Waals surface area contributed by atoms with Crippen molar-refractivity contribution in [3.8, 4) is 5.75 Å². The third-order valence-corrected chi connectivity index (χ3v) is 3.81. The van der Waals surface area contributed by atoms with Gasteiger partial charge in [-0.2, -0.15) is 0 Å². The van der Waals surface area contributed by atoms with Crippen molar-refractivity contribution in [2.45, 2.75) is 6.42 Å². The van der Waals surface area contributed by atoms with E-state index in [9.17, 15) is 14.9 Å². The van der Waals surface area contributed by atoms with E-state index in [1.807, 2.05) is 30.5 Å². The van der Waals surface area contributed by atoms with Gasteiger partial charge < -0.3 is 15.0 Å². The molecule has 0 bridgehead atoms. The van der Waals surface area contributed by atoms with E-state index in [1.54, 1.807) is 0 Å². The lowest BCUT2D eigenvalue weighted by Crippen LogP contribution is -2.30. The number of nitrogens with zero attached hydrogens (tertiary/aromatic N) is 1. The van der Waals surface area contributed by atoms with E-state index in [2.05, 4.69) is 10.3 Å². The van der Waals surface area contributed by atoms with Crippen LogP contribution in [0.2, 0.25) is 0 Å². The quantitative estimate of drug-likeness (QED) is 0.511. The van der Waals surface area contributed by atoms with Gasteiger partial charge in [0.2, 0.25) is 0 Å². The minimum Gasteiger partial charge on any atom is -0.484 e. The van der Waals surface area contributed by atoms with E-state index in [-0.39, 0.29) is 18.2 Å². The van der Waals surface area contributed by atoms with Gasteiger partial charge in [-0.15, -0.1) is 0 Å². The molecule has 128 valence electrons. The Morgan fingerprint density at radius 1 is 1.16 bits per heavy atom. The molecule has 3 rings (SSSR count). The second-order valence-corrected chi connectivity index (χ2v) is 5.50. The molecule has 3 aromatic rings. The third-order valence-electron chi connectivity index (χ3n) is 3.81. The number of carbonyl (C=O) groups excluding carboxylic acids is 1. The second kappa shape index (κ2) is 7.48. The monoisotopic (exact) mass is 339 g/mol. The van der Waals surface area contributed by atoms with Crippen LogP contribution < -0.4 is 10.1 Å². The van der Waals surface area contributed by atoms with Crippen molar-refractivity contribution in [2.24, 2.45) is 0 Å². The first-order valence-electron chi connectivity index (χ1n) is 7.82. The summed E-state index contributed by atoms with van der Waals surface area (Å²) in [5.41, 5.74) is 2.20. The van der Waals surface area contributed by atoms with Gasteiger partial charge in [0.05, 0.1) is 4.92 Å². The molecule has 0 radical (unpaired) electrons. The Labute approximate surface area is 143 Å². The summed E-state index contributed by atoms with van der Waals surface area (Å²) in [5.74, 6) is 0.176. The smallest absolute Gasteiger partial charge is 0.269 e. The van der Waals surface area contributed by atoms with E-state index in [1.165, 1.54) is 24.3 Å². The van der Waals surface area contributed by atoms with Crippen molar-refractivity contribution >= 4 is 22.5 Å². The third kappa shape index (κ3) is 4.14. The molecule has 0 saturated heterocycles. The molecule has 1 aromatic heterocycles. The van der Waals surface area contributed by atoms with Gasteiger partial charge in [0.25, 0.3) is 11.6 Å². The molecule has 0 aliphatic rings. The fourth-order valence-corrected chi connectivity index (χ4v) is 2.54. The van der Waals surface area contributed by atoms with Gasteiger partial charge in [-0.1, -0.05) is 18.2 Å². The number of ether oxygens (including phenoxy) is 1. The van der Waals surface area contributed by atoms with Crippen LogP contribution in [-0.4, -0.2) is 29.0 Å². The number of fused-ring (bicyclic) bond motifs is 1. The fourth-order valence-electron chi connectivity index (χ4n) is 2.54. The first-order valence-corrected chi connectivity index (χ1v) is 7.82. The molecule has 7 nitrogen and oxygen atoms in total. The van der Waals surface area contributed by atoms with Crippen LogP contribution in [0.25, 0.3) is 10.9 Å². The zero-order valence-corrected chi connectivity index (χ0v) is 13.4. The zero-order chi connectivity index (χ0) is 17.6. The molecular weight excluding hydrogens is 322 g/mol. The molecule has 1 heterocycles. The number of amides is 1. The van der Waals surface area contributed by atoms with Crippen molar-refractivity contribution in [2.75, 3.05) is 13.2 Å². The Morgan fingerprint density at radius 3 is 2.68 bits per heavy atom. The maximum atomic E-state index is 11.8. The van der Waals surface area contributed by atoms with E-state index >= 15 is 0 Å². The summed E-state index contributed by atoms with van der Waals surface area (Å²) in [5, 5.41) is 14.5. The average Bonchev–Trinajstić information content (AvgIpc) is 3.04. The highest BCUT2D eigenvalue weighted by Crippen LogP contribution is 2.18. The molecule has 0 atom stereocenters. The predicted octanol–water partition coefficient (Wildman–Crippen LogP) is 2.81. The SMILES string of the molecule is O=C(COc1ccc([N+](=O)[O-])cc1)NCCc1c[nH]c2ccccc12. The maximum Gasteiger partial charge on any atom is 0.269 e. The van der Waals surface area contributed by atoms with Gasteiger partial charge in [0.15, 0.2) is 6.61 Å². The largest absolute Gasteiger partial charge is 0.484 e. The number of nitrogens with one attached hydrogen (secondary N) is 2. The standard InChI is InChI=1S/C18H17N3O4/c22-18(12-25-15-7-5-14(6-8-15)21(23)24)19-10-9-13-11-20-17-4-2-1-3-16(13)17/h1-8,11,20H,9-10,12H2,(H,19,22). The molecule has 0 spiro atoms. The summed E-state index contributed by atoms with van der Waals surface area (Å²) in [4.78, 5) is 25.1. The van der Waals surface area contributed by atoms with Crippen molar-refractivity contribution in [3.63, 3.8) is 0 Å². The molecule has 1 amide bonds. The number of non-ortho nitro benzene ring substituents is 1. The number of para-hydroxylation sites is 1. The lowest BCUT2D eigenvalue weighted by molar-refractivity contribution is -0.384. The number of carbonyl (C=O) groups is 1. The average molecular weight is 339 g/mol. The van der Waals surface area contributed by atoms with Crippen LogP contribution >= 0.6 is 0 Å². The van der Waals surface area contributed by atoms with Crippen LogP contribution in [0.15, 0.2) is 54.7 Å². The van der Waals surface area contributed by atoms with Crippen molar-refractivity contribution in [1.29, 1.82) is 0 Å². The number of hydrogen-bond donors (Lipinski definition) is 2. The summed E-state index contributed by atoms with van der Waals surface area (Å²) in [7, 11) is 0. The van der Waals surface area contributed by atoms with Crippen LogP contribution in [0, 0.1) is 10.1 Å². The number of H-pyrrole nitrogens is 1. The number of nitro benzene ring substituents is 1. The molecule has 25 heavy (non-hydrogen) atoms. The molecule has 0 unspecified atom stereocenters. The van der Waals surface area contributed by atoms with Gasteiger partial charge in [0.1, 0.15) is 5.75 Å². The van der Waals surface area contributed by atoms with Gasteiger partial charge >= 0.3 is 0 Å². The van der Waals surface area contributed by atoms with Gasteiger partial charge in [-0.25, -0.2) is 0 Å². The highest BCUT2D eigenvalue weighted by Gasteiger charge is 2.07. The van der Waals surface area contributed by atoms with Crippen molar-refractivity contribution in [3.05, 3.63) is 70.4 Å². The van der Waals surface area contributed by atoms with E-state index in [4.69, 9.17) is 4.74 Å². The van der Waals surface area contributed by atoms with Gasteiger partial charge in [0, 0.05) is 35.8 Å². The first kappa shape index (κ1) is 16.5. The summed E-state index contributed by atoms with van der Waals surface area (Å²) < 4.78 is 5.32. The number of rotatable bonds is 7. The maximum absolute atomic E-state index is 11.8. The minimum atomic E-state index is -0.485. The van der Waals surface area contributed by atoms with Crippen LogP contribution in [0.3, 0.4) is 0 Å². The number of hydrogen-bond acceptors (Lipinski definition) is 4. The van der Waals surface area contributed by atoms with Gasteiger partial charge in [-0.05, 0) is 30.2 Å². The second-order valence-electron chi connectivity index (χ2n) is 5.50. The molecule has 0 fully saturated rings. The molecule has 2 N–H and O–H groups in total. The number of benzene rings is 2. The molecule has 0 aliphatic heterocycles. The van der Waals surface area contributed by atoms with Crippen molar-refractivity contribution in [1.82, 2.24) is 10.3 Å². The zero-order valence-electron chi connectivity index (χ0n) is 13.4. The Balaban J connectivity index is 1.44. The molecule has 7 heteroatoms. The lowest BCUT2D eigenvalue weighted by atomic mass is 10.1. The predicted molar refractivity (Wildman–Crippen MR) is 93.6 cm³/mol. The van der Waals surface area contributed by atoms with Crippen LogP contribution in [-0.2, 0) is 11.2 Å². The van der Waals surface area contributed by atoms with E-state index in [0.717, 1.165) is 16.5 Å². The van der Waals surface area contributed by atoms with Crippen LogP contribution in [0.5, 0.6) is 5.75 Å². The van der Waals surface area contributed by atoms with Gasteiger partial charge in [-0.3, -0.25) is 14.9 Å². The molecule has 0 aliphatic carbocycles. The summed E-state index contributed by atoms with van der Waals surface area (Å²) in [6, 6.07) is 13.6. The van der Waals surface area contributed by atoms with E-state index < -0.39 is 4.92 Å². The normalized spacial score (nSPS) is 10.6. The fraction of sp³-hybridized carbons (Fsp3) is 0.167. The Morgan fingerprint density at radius 2 is 1.92 bits per heavy atom. The first-order chi connectivity index (χ1) is 12.1. The molecular formula is C18H17N3O4.